The largest absolute Gasteiger partial charge is 0.414 e. The molecule has 0 aliphatic heterocycles. The number of aromatic nitrogens is 2. The number of amides is 2. The number of hydrogen-bond acceptors (Lipinski definition) is 6. The number of nitrogens with zero attached hydrogens (tertiary/aromatic N) is 2. The molecule has 30 heavy (non-hydrogen) atoms. The molecule has 2 N–H and O–H groups in total. The molecule has 7 nitrogen and oxygen atoms in total. The molecule has 0 bridgehead atoms. The van der Waals surface area contributed by atoms with E-state index in [1.165, 1.54) is 6.07 Å². The van der Waals surface area contributed by atoms with E-state index >= 15 is 0 Å². The van der Waals surface area contributed by atoms with Crippen LogP contribution < -0.4 is 10.6 Å². The van der Waals surface area contributed by atoms with Crippen LogP contribution in [0.4, 0.5) is 14.5 Å². The SMILES string of the molecule is O=C(CSc1nnc(CNC(=O)c2c(F)cccc2F)o1)Nc1ccc(Cl)c(Cl)c1. The van der Waals surface area contributed by atoms with Gasteiger partial charge in [0.2, 0.25) is 11.8 Å². The van der Waals surface area contributed by atoms with E-state index in [0.29, 0.717) is 15.7 Å². The minimum atomic E-state index is -0.984. The van der Waals surface area contributed by atoms with Gasteiger partial charge in [0.25, 0.3) is 11.1 Å². The normalized spacial score (nSPS) is 10.7. The summed E-state index contributed by atoms with van der Waals surface area (Å²) in [7, 11) is 0. The van der Waals surface area contributed by atoms with Crippen LogP contribution in [0, 0.1) is 11.6 Å². The molecule has 156 valence electrons. The van der Waals surface area contributed by atoms with Crippen molar-refractivity contribution in [1.29, 1.82) is 0 Å². The molecule has 2 aromatic carbocycles. The van der Waals surface area contributed by atoms with Crippen molar-refractivity contribution in [2.45, 2.75) is 11.8 Å². The standard InChI is InChI=1S/C18H12Cl2F2N4O3S/c19-10-5-4-9(6-11(10)20)24-14(27)8-30-18-26-25-15(29-18)7-23-17(28)16-12(21)2-1-3-13(16)22/h1-6H,7-8H2,(H,23,28)(H,24,27). The first-order valence-electron chi connectivity index (χ1n) is 8.26. The highest BCUT2D eigenvalue weighted by Gasteiger charge is 2.18. The van der Waals surface area contributed by atoms with Gasteiger partial charge in [-0.3, -0.25) is 9.59 Å². The van der Waals surface area contributed by atoms with Crippen molar-refractivity contribution >= 4 is 52.5 Å². The zero-order valence-corrected chi connectivity index (χ0v) is 17.2. The number of rotatable bonds is 7. The summed E-state index contributed by atoms with van der Waals surface area (Å²) >= 11 is 12.7. The molecule has 0 atom stereocenters. The Hall–Kier alpha value is -2.69. The molecule has 3 rings (SSSR count). The molecule has 0 radical (unpaired) electrons. The van der Waals surface area contributed by atoms with E-state index in [2.05, 4.69) is 20.8 Å². The Kier molecular flexibility index (Phi) is 7.24. The van der Waals surface area contributed by atoms with E-state index in [4.69, 9.17) is 27.6 Å². The molecule has 0 saturated heterocycles. The van der Waals surface area contributed by atoms with Gasteiger partial charge in [-0.15, -0.1) is 10.2 Å². The van der Waals surface area contributed by atoms with Gasteiger partial charge in [0.15, 0.2) is 0 Å². The fourth-order valence-electron chi connectivity index (χ4n) is 2.23. The third-order valence-electron chi connectivity index (χ3n) is 3.57. The second kappa shape index (κ2) is 9.88. The lowest BCUT2D eigenvalue weighted by Gasteiger charge is -2.05. The Morgan fingerprint density at radius 2 is 1.80 bits per heavy atom. The van der Waals surface area contributed by atoms with Gasteiger partial charge in [0.1, 0.15) is 17.2 Å². The fraction of sp³-hybridized carbons (Fsp3) is 0.111. The number of carbonyl (C=O) groups excluding carboxylic acids is 2. The molecular weight excluding hydrogens is 461 g/mol. The first kappa shape index (κ1) is 22.0. The van der Waals surface area contributed by atoms with Gasteiger partial charge in [-0.2, -0.15) is 0 Å². The third kappa shape index (κ3) is 5.68. The molecule has 3 aromatic rings. The summed E-state index contributed by atoms with van der Waals surface area (Å²) < 4.78 is 32.5. The van der Waals surface area contributed by atoms with Crippen LogP contribution in [0.2, 0.25) is 10.0 Å². The van der Waals surface area contributed by atoms with Gasteiger partial charge < -0.3 is 15.1 Å². The molecule has 0 aliphatic carbocycles. The number of carbonyl (C=O) groups is 2. The van der Waals surface area contributed by atoms with E-state index in [1.807, 2.05) is 0 Å². The van der Waals surface area contributed by atoms with Crippen molar-refractivity contribution in [1.82, 2.24) is 15.5 Å². The smallest absolute Gasteiger partial charge is 0.277 e. The maximum atomic E-state index is 13.6. The van der Waals surface area contributed by atoms with Gasteiger partial charge in [-0.1, -0.05) is 41.0 Å². The molecular formula is C18H12Cl2F2N4O3S. The van der Waals surface area contributed by atoms with Crippen molar-refractivity contribution in [3.05, 3.63) is 69.5 Å². The lowest BCUT2D eigenvalue weighted by molar-refractivity contribution is -0.113. The lowest BCUT2D eigenvalue weighted by Crippen LogP contribution is -2.25. The van der Waals surface area contributed by atoms with Gasteiger partial charge >= 0.3 is 0 Å². The summed E-state index contributed by atoms with van der Waals surface area (Å²) in [6.07, 6.45) is 0. The Labute approximate surface area is 183 Å². The molecule has 1 heterocycles. The predicted octanol–water partition coefficient (Wildman–Crippen LogP) is 4.32. The number of hydrogen-bond donors (Lipinski definition) is 2. The highest BCUT2D eigenvalue weighted by Crippen LogP contribution is 2.25. The zero-order valence-electron chi connectivity index (χ0n) is 14.9. The van der Waals surface area contributed by atoms with Gasteiger partial charge in [-0.05, 0) is 30.3 Å². The second-order valence-electron chi connectivity index (χ2n) is 5.71. The van der Waals surface area contributed by atoms with Crippen molar-refractivity contribution in [2.75, 3.05) is 11.1 Å². The second-order valence-corrected chi connectivity index (χ2v) is 7.45. The first-order valence-corrected chi connectivity index (χ1v) is 10.00. The molecule has 0 fully saturated rings. The van der Waals surface area contributed by atoms with Gasteiger partial charge in [0, 0.05) is 5.69 Å². The highest BCUT2D eigenvalue weighted by atomic mass is 35.5. The Morgan fingerprint density at radius 1 is 1.07 bits per heavy atom. The van der Waals surface area contributed by atoms with Crippen LogP contribution in [-0.4, -0.2) is 27.8 Å². The molecule has 0 unspecified atom stereocenters. The average molecular weight is 473 g/mol. The maximum Gasteiger partial charge on any atom is 0.277 e. The molecule has 0 spiro atoms. The van der Waals surface area contributed by atoms with Crippen LogP contribution in [0.1, 0.15) is 16.2 Å². The topological polar surface area (TPSA) is 97.1 Å². The van der Waals surface area contributed by atoms with Crippen LogP contribution in [0.25, 0.3) is 0 Å². The minimum absolute atomic E-state index is 0.00693. The van der Waals surface area contributed by atoms with E-state index in [9.17, 15) is 18.4 Å². The van der Waals surface area contributed by atoms with Crippen LogP contribution in [0.3, 0.4) is 0 Å². The van der Waals surface area contributed by atoms with E-state index in [0.717, 1.165) is 30.0 Å². The van der Waals surface area contributed by atoms with Crippen molar-refractivity contribution in [2.24, 2.45) is 0 Å². The Morgan fingerprint density at radius 3 is 2.50 bits per heavy atom. The lowest BCUT2D eigenvalue weighted by atomic mass is 10.2. The quantitative estimate of drug-likeness (QED) is 0.497. The van der Waals surface area contributed by atoms with Crippen molar-refractivity contribution in [3.8, 4) is 0 Å². The number of thioether (sulfide) groups is 1. The van der Waals surface area contributed by atoms with Crippen LogP contribution in [0.5, 0.6) is 0 Å². The zero-order chi connectivity index (χ0) is 21.7. The van der Waals surface area contributed by atoms with E-state index < -0.39 is 23.1 Å². The molecule has 12 heteroatoms. The maximum absolute atomic E-state index is 13.6. The highest BCUT2D eigenvalue weighted by molar-refractivity contribution is 7.99. The number of nitrogens with one attached hydrogen (secondary N) is 2. The van der Waals surface area contributed by atoms with Crippen molar-refractivity contribution < 1.29 is 22.8 Å². The third-order valence-corrected chi connectivity index (χ3v) is 5.13. The average Bonchev–Trinajstić information content (AvgIpc) is 3.15. The molecule has 0 saturated carbocycles. The summed E-state index contributed by atoms with van der Waals surface area (Å²) in [5.74, 6) is -3.30. The van der Waals surface area contributed by atoms with E-state index in [1.54, 1.807) is 12.1 Å². The monoisotopic (exact) mass is 472 g/mol. The summed E-state index contributed by atoms with van der Waals surface area (Å²) in [6.45, 7) is -0.240. The Bertz CT molecular complexity index is 1080. The number of anilines is 1. The fourth-order valence-corrected chi connectivity index (χ4v) is 3.10. The summed E-state index contributed by atoms with van der Waals surface area (Å²) in [6, 6.07) is 7.77. The molecule has 2 amide bonds. The predicted molar refractivity (Wildman–Crippen MR) is 108 cm³/mol. The Balaban J connectivity index is 1.49. The van der Waals surface area contributed by atoms with Crippen LogP contribution in [0.15, 0.2) is 46.0 Å². The van der Waals surface area contributed by atoms with Crippen molar-refractivity contribution in [3.63, 3.8) is 0 Å². The number of halogens is 4. The first-order chi connectivity index (χ1) is 14.3. The molecule has 0 aliphatic rings. The number of benzene rings is 2. The van der Waals surface area contributed by atoms with Gasteiger partial charge in [0.05, 0.1) is 22.3 Å². The molecule has 1 aromatic heterocycles. The summed E-state index contributed by atoms with van der Waals surface area (Å²) in [5.41, 5.74) is -0.227. The van der Waals surface area contributed by atoms with E-state index in [-0.39, 0.29) is 29.3 Å². The summed E-state index contributed by atoms with van der Waals surface area (Å²) in [5, 5.41) is 13.1. The van der Waals surface area contributed by atoms with Crippen LogP contribution >= 0.6 is 35.0 Å². The van der Waals surface area contributed by atoms with Crippen LogP contribution in [-0.2, 0) is 11.3 Å². The summed E-state index contributed by atoms with van der Waals surface area (Å²) in [4.78, 5) is 23.9. The minimum Gasteiger partial charge on any atom is -0.414 e. The van der Waals surface area contributed by atoms with Gasteiger partial charge in [-0.25, -0.2) is 8.78 Å².